The highest BCUT2D eigenvalue weighted by Gasteiger charge is 2.25. The second kappa shape index (κ2) is 5.61. The zero-order chi connectivity index (χ0) is 13.1. The minimum Gasteiger partial charge on any atom is -0.508 e. The summed E-state index contributed by atoms with van der Waals surface area (Å²) in [6, 6.07) is 4.02. The number of hydrogen-bond acceptors (Lipinski definition) is 3. The van der Waals surface area contributed by atoms with Crippen molar-refractivity contribution in [2.24, 2.45) is 5.92 Å². The summed E-state index contributed by atoms with van der Waals surface area (Å²) in [5, 5.41) is 20.0. The van der Waals surface area contributed by atoms with Crippen molar-refractivity contribution in [3.63, 3.8) is 0 Å². The predicted octanol–water partition coefficient (Wildman–Crippen LogP) is 2.34. The average Bonchev–Trinajstić information content (AvgIpc) is 2.41. The van der Waals surface area contributed by atoms with Gasteiger partial charge in [-0.05, 0) is 37.0 Å². The Hall–Kier alpha value is -1.23. The topological polar surface area (TPSA) is 60.8 Å². The van der Waals surface area contributed by atoms with Gasteiger partial charge in [0.05, 0.1) is 5.56 Å². The monoisotopic (exact) mass is 313 g/mol. The third-order valence-electron chi connectivity index (χ3n) is 3.23. The minimum atomic E-state index is -0.214. The molecule has 1 aromatic rings. The molecule has 18 heavy (non-hydrogen) atoms. The molecular weight excluding hydrogens is 298 g/mol. The van der Waals surface area contributed by atoms with Crippen LogP contribution in [0, 0.1) is 5.92 Å². The maximum absolute atomic E-state index is 12.3. The van der Waals surface area contributed by atoms with Crippen LogP contribution in [0.3, 0.4) is 0 Å². The van der Waals surface area contributed by atoms with Crippen molar-refractivity contribution in [1.29, 1.82) is 0 Å². The van der Waals surface area contributed by atoms with E-state index in [0.29, 0.717) is 19.0 Å². The van der Waals surface area contributed by atoms with E-state index in [1.54, 1.807) is 4.90 Å². The number of rotatable bonds is 2. The first-order valence-electron chi connectivity index (χ1n) is 5.99. The first kappa shape index (κ1) is 13.2. The fraction of sp³-hybridized carbons (Fsp3) is 0.462. The molecule has 2 N–H and O–H groups in total. The largest absolute Gasteiger partial charge is 0.508 e. The lowest BCUT2D eigenvalue weighted by molar-refractivity contribution is 0.0682. The predicted molar refractivity (Wildman–Crippen MR) is 72.2 cm³/mol. The first-order chi connectivity index (χ1) is 8.61. The Morgan fingerprint density at radius 3 is 2.94 bits per heavy atom. The van der Waals surface area contributed by atoms with Crippen molar-refractivity contribution >= 4 is 21.8 Å². The Labute approximate surface area is 114 Å². The molecule has 1 amide bonds. The van der Waals surface area contributed by atoms with Gasteiger partial charge in [0, 0.05) is 18.4 Å². The van der Waals surface area contributed by atoms with Crippen LogP contribution in [0.15, 0.2) is 18.2 Å². The number of carbonyl (C=O) groups is 1. The van der Waals surface area contributed by atoms with Gasteiger partial charge < -0.3 is 15.1 Å². The van der Waals surface area contributed by atoms with Crippen LogP contribution in [0.2, 0.25) is 0 Å². The second-order valence-electron chi connectivity index (χ2n) is 4.62. The van der Waals surface area contributed by atoms with Crippen LogP contribution in [-0.4, -0.2) is 39.4 Å². The van der Waals surface area contributed by atoms with Crippen LogP contribution in [0.1, 0.15) is 23.2 Å². The number of phenols is 2. The molecule has 1 atom stereocenters. The lowest BCUT2D eigenvalue weighted by atomic mass is 9.99. The number of aromatic hydroxyl groups is 2. The average molecular weight is 314 g/mol. The van der Waals surface area contributed by atoms with Crippen LogP contribution in [0.4, 0.5) is 0 Å². The highest BCUT2D eigenvalue weighted by molar-refractivity contribution is 9.09. The zero-order valence-corrected chi connectivity index (χ0v) is 11.6. The number of piperidine rings is 1. The van der Waals surface area contributed by atoms with E-state index in [2.05, 4.69) is 15.9 Å². The summed E-state index contributed by atoms with van der Waals surface area (Å²) in [6.45, 7) is 1.40. The maximum Gasteiger partial charge on any atom is 0.257 e. The van der Waals surface area contributed by atoms with Gasteiger partial charge in [-0.3, -0.25) is 4.79 Å². The van der Waals surface area contributed by atoms with Crippen molar-refractivity contribution in [1.82, 2.24) is 4.90 Å². The molecule has 4 nitrogen and oxygen atoms in total. The molecule has 1 aliphatic rings. The molecule has 0 radical (unpaired) electrons. The Morgan fingerprint density at radius 1 is 1.44 bits per heavy atom. The van der Waals surface area contributed by atoms with Crippen LogP contribution in [0.5, 0.6) is 11.5 Å². The fourth-order valence-corrected chi connectivity index (χ4v) is 2.77. The van der Waals surface area contributed by atoms with Crippen molar-refractivity contribution in [2.75, 3.05) is 18.4 Å². The second-order valence-corrected chi connectivity index (χ2v) is 5.26. The molecule has 1 heterocycles. The summed E-state index contributed by atoms with van der Waals surface area (Å²) >= 11 is 3.44. The number of hydrogen-bond donors (Lipinski definition) is 2. The Balaban J connectivity index is 2.17. The Morgan fingerprint density at radius 2 is 2.22 bits per heavy atom. The molecule has 0 saturated carbocycles. The quantitative estimate of drug-likeness (QED) is 0.651. The smallest absolute Gasteiger partial charge is 0.257 e. The molecule has 5 heteroatoms. The number of carbonyl (C=O) groups excluding carboxylic acids is 1. The highest BCUT2D eigenvalue weighted by atomic mass is 79.9. The van der Waals surface area contributed by atoms with E-state index in [4.69, 9.17) is 0 Å². The summed E-state index contributed by atoms with van der Waals surface area (Å²) in [6.07, 6.45) is 2.09. The van der Waals surface area contributed by atoms with Gasteiger partial charge >= 0.3 is 0 Å². The van der Waals surface area contributed by atoms with Crippen molar-refractivity contribution in [3.8, 4) is 11.5 Å². The molecule has 2 rings (SSSR count). The standard InChI is InChI=1S/C13H16BrNO3/c14-7-9-2-1-5-15(8-9)13(18)11-6-10(16)3-4-12(11)17/h3-4,6,9,16-17H,1-2,5,7-8H2. The number of likely N-dealkylation sites (tertiary alicyclic amines) is 1. The van der Waals surface area contributed by atoms with Crippen LogP contribution in [-0.2, 0) is 0 Å². The van der Waals surface area contributed by atoms with Gasteiger partial charge in [0.1, 0.15) is 11.5 Å². The van der Waals surface area contributed by atoms with E-state index in [9.17, 15) is 15.0 Å². The van der Waals surface area contributed by atoms with Gasteiger partial charge in [-0.15, -0.1) is 0 Å². The van der Waals surface area contributed by atoms with Crippen molar-refractivity contribution in [2.45, 2.75) is 12.8 Å². The Kier molecular flexibility index (Phi) is 4.11. The molecule has 0 spiro atoms. The lowest BCUT2D eigenvalue weighted by Crippen LogP contribution is -2.40. The summed E-state index contributed by atoms with van der Waals surface area (Å²) in [5.41, 5.74) is 0.172. The van der Waals surface area contributed by atoms with Gasteiger partial charge in [0.25, 0.3) is 5.91 Å². The molecule has 1 aliphatic heterocycles. The van der Waals surface area contributed by atoms with Crippen LogP contribution >= 0.6 is 15.9 Å². The molecule has 98 valence electrons. The van der Waals surface area contributed by atoms with Gasteiger partial charge in [-0.2, -0.15) is 0 Å². The van der Waals surface area contributed by atoms with E-state index in [0.717, 1.165) is 18.2 Å². The number of phenolic OH excluding ortho intramolecular Hbond substituents is 2. The van der Waals surface area contributed by atoms with E-state index in [-0.39, 0.29) is 23.0 Å². The molecular formula is C13H16BrNO3. The molecule has 1 aromatic carbocycles. The van der Waals surface area contributed by atoms with Gasteiger partial charge in [0.15, 0.2) is 0 Å². The number of amides is 1. The molecule has 0 aromatic heterocycles. The van der Waals surface area contributed by atoms with Crippen LogP contribution < -0.4 is 0 Å². The number of benzene rings is 1. The highest BCUT2D eigenvalue weighted by Crippen LogP contribution is 2.26. The minimum absolute atomic E-state index is 0.00907. The van der Waals surface area contributed by atoms with E-state index in [1.165, 1.54) is 18.2 Å². The van der Waals surface area contributed by atoms with E-state index < -0.39 is 0 Å². The summed E-state index contributed by atoms with van der Waals surface area (Å²) in [4.78, 5) is 14.0. The molecule has 1 fully saturated rings. The SMILES string of the molecule is O=C(c1cc(O)ccc1O)N1CCCC(CBr)C1. The van der Waals surface area contributed by atoms with E-state index >= 15 is 0 Å². The fourth-order valence-electron chi connectivity index (χ4n) is 2.24. The van der Waals surface area contributed by atoms with Crippen molar-refractivity contribution < 1.29 is 15.0 Å². The summed E-state index contributed by atoms with van der Waals surface area (Å²) < 4.78 is 0. The lowest BCUT2D eigenvalue weighted by Gasteiger charge is -2.32. The van der Waals surface area contributed by atoms with Crippen LogP contribution in [0.25, 0.3) is 0 Å². The van der Waals surface area contributed by atoms with Gasteiger partial charge in [-0.25, -0.2) is 0 Å². The molecule has 1 saturated heterocycles. The maximum atomic E-state index is 12.3. The van der Waals surface area contributed by atoms with Gasteiger partial charge in [0.2, 0.25) is 0 Å². The molecule has 1 unspecified atom stereocenters. The first-order valence-corrected chi connectivity index (χ1v) is 7.11. The Bertz CT molecular complexity index is 450. The van der Waals surface area contributed by atoms with E-state index in [1.807, 2.05) is 0 Å². The summed E-state index contributed by atoms with van der Waals surface area (Å²) in [5.74, 6) is 0.153. The zero-order valence-electron chi connectivity index (χ0n) is 9.97. The number of alkyl halides is 1. The number of halogens is 1. The van der Waals surface area contributed by atoms with Gasteiger partial charge in [-0.1, -0.05) is 15.9 Å². The molecule has 0 bridgehead atoms. The normalized spacial score (nSPS) is 19.8. The summed E-state index contributed by atoms with van der Waals surface area (Å²) in [7, 11) is 0. The third kappa shape index (κ3) is 2.77. The number of nitrogens with zero attached hydrogens (tertiary/aromatic N) is 1. The third-order valence-corrected chi connectivity index (χ3v) is 4.15. The van der Waals surface area contributed by atoms with Crippen molar-refractivity contribution in [3.05, 3.63) is 23.8 Å². The molecule has 0 aliphatic carbocycles.